The van der Waals surface area contributed by atoms with Gasteiger partial charge in [-0.3, -0.25) is 0 Å². The first kappa shape index (κ1) is 26.4. The molecular weight excluding hydrogens is 520 g/mol. The van der Waals surface area contributed by atoms with E-state index in [9.17, 15) is 8.42 Å². The van der Waals surface area contributed by atoms with Crippen LogP contribution in [0.3, 0.4) is 0 Å². The number of hydrogen-bond acceptors (Lipinski definition) is 9. The summed E-state index contributed by atoms with van der Waals surface area (Å²) in [7, 11) is -1.20. The van der Waals surface area contributed by atoms with Crippen LogP contribution in [-0.2, 0) is 23.3 Å². The zero-order valence-corrected chi connectivity index (χ0v) is 23.5. The van der Waals surface area contributed by atoms with Gasteiger partial charge in [0.2, 0.25) is 11.7 Å². The van der Waals surface area contributed by atoms with Gasteiger partial charge in [0, 0.05) is 43.1 Å². The summed E-state index contributed by atoms with van der Waals surface area (Å²) in [6.45, 7) is 4.36. The van der Waals surface area contributed by atoms with Gasteiger partial charge < -0.3 is 14.4 Å². The number of nitrogens with one attached hydrogen (secondary N) is 1. The third-order valence-electron chi connectivity index (χ3n) is 6.95. The van der Waals surface area contributed by atoms with E-state index in [-0.39, 0.29) is 5.75 Å². The molecule has 1 aliphatic heterocycles. The molecule has 1 N–H and O–H groups in total. The van der Waals surface area contributed by atoms with Crippen LogP contribution in [0.4, 0.5) is 5.69 Å². The van der Waals surface area contributed by atoms with Crippen LogP contribution in [0.5, 0.6) is 0 Å². The maximum atomic E-state index is 12.3. The second-order valence-electron chi connectivity index (χ2n) is 9.58. The van der Waals surface area contributed by atoms with Crippen LogP contribution in [0.1, 0.15) is 37.6 Å². The number of nitrogens with zero attached hydrogens (tertiary/aromatic N) is 5. The van der Waals surface area contributed by atoms with Crippen LogP contribution in [0, 0.1) is 12.8 Å². The van der Waals surface area contributed by atoms with Gasteiger partial charge >= 0.3 is 0 Å². The second kappa shape index (κ2) is 11.3. The molecule has 0 aliphatic carbocycles. The van der Waals surface area contributed by atoms with Gasteiger partial charge in [-0.2, -0.15) is 4.98 Å². The minimum atomic E-state index is -3.19. The molecule has 2 aromatic carbocycles. The highest BCUT2D eigenvalue weighted by Crippen LogP contribution is 2.30. The molecule has 0 amide bonds. The molecule has 0 saturated heterocycles. The molecule has 5 rings (SSSR count). The third-order valence-corrected chi connectivity index (χ3v) is 9.79. The summed E-state index contributed by atoms with van der Waals surface area (Å²) in [5.41, 5.74) is 3.98. The van der Waals surface area contributed by atoms with E-state index in [0.717, 1.165) is 71.3 Å². The van der Waals surface area contributed by atoms with Crippen molar-refractivity contribution in [1.82, 2.24) is 24.9 Å². The number of sulfone groups is 1. The predicted octanol–water partition coefficient (Wildman–Crippen LogP) is 5.18. The lowest BCUT2D eigenvalue weighted by Gasteiger charge is -2.14. The molecule has 4 aromatic rings. The van der Waals surface area contributed by atoms with Gasteiger partial charge in [0.05, 0.1) is 10.6 Å². The van der Waals surface area contributed by atoms with E-state index in [1.165, 1.54) is 0 Å². The van der Waals surface area contributed by atoms with E-state index >= 15 is 0 Å². The highest BCUT2D eigenvalue weighted by atomic mass is 32.2. The summed E-state index contributed by atoms with van der Waals surface area (Å²) in [5.74, 6) is 3.51. The molecule has 2 aromatic heterocycles. The van der Waals surface area contributed by atoms with Crippen LogP contribution in [-0.4, -0.2) is 51.4 Å². The van der Waals surface area contributed by atoms with Crippen molar-refractivity contribution in [3.63, 3.8) is 0 Å². The molecule has 1 unspecified atom stereocenters. The highest BCUT2D eigenvalue weighted by Gasteiger charge is 2.19. The molecule has 200 valence electrons. The molecule has 0 spiro atoms. The third kappa shape index (κ3) is 5.78. The van der Waals surface area contributed by atoms with Crippen molar-refractivity contribution in [2.24, 2.45) is 13.0 Å². The van der Waals surface area contributed by atoms with Crippen molar-refractivity contribution >= 4 is 27.3 Å². The molecule has 1 aliphatic rings. The highest BCUT2D eigenvalue weighted by molar-refractivity contribution is 7.99. The van der Waals surface area contributed by atoms with Gasteiger partial charge in [-0.25, -0.2) is 8.42 Å². The Morgan fingerprint density at radius 2 is 2.00 bits per heavy atom. The Morgan fingerprint density at radius 3 is 2.79 bits per heavy atom. The maximum Gasteiger partial charge on any atom is 0.223 e. The summed E-state index contributed by atoms with van der Waals surface area (Å²) in [6.07, 6.45) is 4.11. The van der Waals surface area contributed by atoms with Crippen molar-refractivity contribution in [2.45, 2.75) is 49.6 Å². The Labute approximate surface area is 227 Å². The summed E-state index contributed by atoms with van der Waals surface area (Å²) >= 11 is 1.72. The number of aromatic nitrogens is 5. The van der Waals surface area contributed by atoms with E-state index in [1.54, 1.807) is 31.7 Å². The zero-order valence-electron chi connectivity index (χ0n) is 21.8. The summed E-state index contributed by atoms with van der Waals surface area (Å²) in [6, 6.07) is 13.4. The Hall–Kier alpha value is -3.18. The lowest BCUT2D eigenvalue weighted by molar-refractivity contribution is 0.394. The predicted molar refractivity (Wildman–Crippen MR) is 149 cm³/mol. The zero-order chi connectivity index (χ0) is 26.7. The smallest absolute Gasteiger partial charge is 0.223 e. The van der Waals surface area contributed by atoms with Crippen molar-refractivity contribution in [1.29, 1.82) is 0 Å². The largest absolute Gasteiger partial charge is 0.385 e. The first-order valence-electron chi connectivity index (χ1n) is 12.9. The molecule has 38 heavy (non-hydrogen) atoms. The van der Waals surface area contributed by atoms with Gasteiger partial charge in [-0.05, 0) is 61.4 Å². The van der Waals surface area contributed by atoms with E-state index in [1.807, 2.05) is 48.0 Å². The number of benzene rings is 2. The fourth-order valence-electron chi connectivity index (χ4n) is 4.71. The average molecular weight is 553 g/mol. The molecule has 1 atom stereocenters. The molecule has 0 bridgehead atoms. The average Bonchev–Trinajstić information content (AvgIpc) is 3.46. The standard InChI is InChI=1S/C27H32N6O3S2/c1-4-38(34,35)23-12-13-24-20(16-23)11-10-19(17-28-24)7-6-14-37-27-31-30-26(33(27)3)22-9-5-8-21(15-22)25-29-18(2)36-32-25/h5,8-9,12-13,15-16,19,28H,4,6-7,10-11,14,17H2,1-3H3. The van der Waals surface area contributed by atoms with Crippen molar-refractivity contribution < 1.29 is 12.9 Å². The number of anilines is 1. The summed E-state index contributed by atoms with van der Waals surface area (Å²) in [4.78, 5) is 4.74. The fraction of sp³-hybridized carbons (Fsp3) is 0.407. The van der Waals surface area contributed by atoms with E-state index in [4.69, 9.17) is 4.52 Å². The monoisotopic (exact) mass is 552 g/mol. The number of thioether (sulfide) groups is 1. The second-order valence-corrected chi connectivity index (χ2v) is 12.9. The van der Waals surface area contributed by atoms with Gasteiger partial charge in [-0.1, -0.05) is 42.0 Å². The van der Waals surface area contributed by atoms with E-state index < -0.39 is 9.84 Å². The number of hydrogen-bond donors (Lipinski definition) is 1. The summed E-state index contributed by atoms with van der Waals surface area (Å²) < 4.78 is 31.7. The van der Waals surface area contributed by atoms with Crippen molar-refractivity contribution in [2.75, 3.05) is 23.4 Å². The van der Waals surface area contributed by atoms with Gasteiger partial charge in [0.25, 0.3) is 0 Å². The van der Waals surface area contributed by atoms with Crippen LogP contribution in [0.15, 0.2) is 57.0 Å². The molecule has 9 nitrogen and oxygen atoms in total. The molecule has 11 heteroatoms. The SMILES string of the molecule is CCS(=O)(=O)c1ccc2c(c1)CCC(CCCSc1nnc(-c3cccc(-c4noc(C)n4)c3)n1C)CN2. The maximum absolute atomic E-state index is 12.3. The van der Waals surface area contributed by atoms with Crippen LogP contribution < -0.4 is 5.32 Å². The first-order valence-corrected chi connectivity index (χ1v) is 15.5. The number of fused-ring (bicyclic) bond motifs is 1. The number of rotatable bonds is 9. The van der Waals surface area contributed by atoms with Gasteiger partial charge in [0.15, 0.2) is 20.8 Å². The van der Waals surface area contributed by atoms with Crippen LogP contribution >= 0.6 is 11.8 Å². The molecule has 0 fully saturated rings. The normalized spacial score (nSPS) is 15.6. The van der Waals surface area contributed by atoms with Crippen molar-refractivity contribution in [3.05, 3.63) is 53.9 Å². The lowest BCUT2D eigenvalue weighted by Crippen LogP contribution is -2.12. The molecule has 0 radical (unpaired) electrons. The Kier molecular flexibility index (Phi) is 7.85. The van der Waals surface area contributed by atoms with E-state index in [2.05, 4.69) is 25.7 Å². The topological polar surface area (TPSA) is 116 Å². The minimum Gasteiger partial charge on any atom is -0.385 e. The number of aryl methyl sites for hydroxylation is 2. The molecular formula is C27H32N6O3S2. The Bertz CT molecular complexity index is 1530. The van der Waals surface area contributed by atoms with Gasteiger partial charge in [-0.15, -0.1) is 10.2 Å². The van der Waals surface area contributed by atoms with Gasteiger partial charge in [0.1, 0.15) is 0 Å². The fourth-order valence-corrected chi connectivity index (χ4v) is 6.52. The molecule has 3 heterocycles. The van der Waals surface area contributed by atoms with Crippen LogP contribution in [0.25, 0.3) is 22.8 Å². The van der Waals surface area contributed by atoms with Crippen LogP contribution in [0.2, 0.25) is 0 Å². The van der Waals surface area contributed by atoms with Crippen molar-refractivity contribution in [3.8, 4) is 22.8 Å². The quantitative estimate of drug-likeness (QED) is 0.221. The lowest BCUT2D eigenvalue weighted by atomic mass is 9.97. The molecule has 0 saturated carbocycles. The first-order chi connectivity index (χ1) is 18.3. The van der Waals surface area contributed by atoms with E-state index in [0.29, 0.717) is 22.5 Å². The Balaban J connectivity index is 1.15. The summed E-state index contributed by atoms with van der Waals surface area (Å²) in [5, 5.41) is 17.3. The minimum absolute atomic E-state index is 0.124. The Morgan fingerprint density at radius 1 is 1.16 bits per heavy atom.